The van der Waals surface area contributed by atoms with E-state index in [0.29, 0.717) is 5.56 Å². The Morgan fingerprint density at radius 2 is 2.13 bits per heavy atom. The molecule has 15 heavy (non-hydrogen) atoms. The van der Waals surface area contributed by atoms with Crippen molar-refractivity contribution in [2.45, 2.75) is 18.9 Å². The van der Waals surface area contributed by atoms with E-state index in [1.165, 1.54) is 6.92 Å². The molecule has 0 bridgehead atoms. The Morgan fingerprint density at radius 3 is 2.80 bits per heavy atom. The lowest BCUT2D eigenvalue weighted by molar-refractivity contribution is -0.158. The predicted molar refractivity (Wildman–Crippen MR) is 51.6 cm³/mol. The number of cyclic esters (lactones) is 1. The normalized spacial score (nSPS) is 24.2. The standard InChI is InChI=1S/C11H10O4/c1-11(10(13)14)6-7-4-2-3-5-8(7)9(12)15-11/h2-5H,6H2,1H3,(H,13,14)/t11-/m0/s1. The van der Waals surface area contributed by atoms with Crippen LogP contribution in [0, 0.1) is 0 Å². The van der Waals surface area contributed by atoms with E-state index >= 15 is 0 Å². The van der Waals surface area contributed by atoms with E-state index in [0.717, 1.165) is 5.56 Å². The lowest BCUT2D eigenvalue weighted by Crippen LogP contribution is -2.45. The number of benzene rings is 1. The zero-order valence-electron chi connectivity index (χ0n) is 8.19. The van der Waals surface area contributed by atoms with E-state index in [1.807, 2.05) is 0 Å². The number of hydrogen-bond acceptors (Lipinski definition) is 3. The predicted octanol–water partition coefficient (Wildman–Crippen LogP) is 1.24. The molecule has 1 aliphatic heterocycles. The van der Waals surface area contributed by atoms with Crippen molar-refractivity contribution in [1.29, 1.82) is 0 Å². The largest absolute Gasteiger partial charge is 0.478 e. The maximum Gasteiger partial charge on any atom is 0.348 e. The Hall–Kier alpha value is -1.84. The first-order valence-corrected chi connectivity index (χ1v) is 4.57. The Balaban J connectivity index is 2.47. The van der Waals surface area contributed by atoms with Crippen molar-refractivity contribution in [2.24, 2.45) is 0 Å². The van der Waals surface area contributed by atoms with Gasteiger partial charge in [-0.05, 0) is 18.6 Å². The van der Waals surface area contributed by atoms with Gasteiger partial charge in [0.15, 0.2) is 0 Å². The van der Waals surface area contributed by atoms with Gasteiger partial charge in [0.25, 0.3) is 0 Å². The van der Waals surface area contributed by atoms with Crippen LogP contribution in [0.2, 0.25) is 0 Å². The van der Waals surface area contributed by atoms with Crippen LogP contribution in [0.15, 0.2) is 24.3 Å². The average molecular weight is 206 g/mol. The number of rotatable bonds is 1. The Labute approximate surface area is 86.5 Å². The first-order valence-electron chi connectivity index (χ1n) is 4.57. The van der Waals surface area contributed by atoms with Crippen LogP contribution in [0.25, 0.3) is 0 Å². The third kappa shape index (κ3) is 1.48. The maximum atomic E-state index is 11.5. The minimum atomic E-state index is -1.44. The highest BCUT2D eigenvalue weighted by Crippen LogP contribution is 2.27. The summed E-state index contributed by atoms with van der Waals surface area (Å²) >= 11 is 0. The fourth-order valence-corrected chi connectivity index (χ4v) is 1.65. The Bertz CT molecular complexity index is 438. The van der Waals surface area contributed by atoms with Crippen molar-refractivity contribution in [1.82, 2.24) is 0 Å². The topological polar surface area (TPSA) is 63.6 Å². The first kappa shape index (κ1) is 9.71. The smallest absolute Gasteiger partial charge is 0.348 e. The molecule has 0 spiro atoms. The van der Waals surface area contributed by atoms with E-state index < -0.39 is 17.5 Å². The zero-order chi connectivity index (χ0) is 11.1. The van der Waals surface area contributed by atoms with Crippen molar-refractivity contribution < 1.29 is 19.4 Å². The van der Waals surface area contributed by atoms with Crippen molar-refractivity contribution >= 4 is 11.9 Å². The summed E-state index contributed by atoms with van der Waals surface area (Å²) in [5, 5.41) is 8.96. The van der Waals surface area contributed by atoms with E-state index in [1.54, 1.807) is 24.3 Å². The fraction of sp³-hybridized carbons (Fsp3) is 0.273. The number of carboxylic acid groups (broad SMARTS) is 1. The molecule has 1 N–H and O–H groups in total. The molecule has 1 aliphatic rings. The Kier molecular flexibility index (Phi) is 2.00. The quantitative estimate of drug-likeness (QED) is 0.702. The number of hydrogen-bond donors (Lipinski definition) is 1. The molecule has 78 valence electrons. The summed E-state index contributed by atoms with van der Waals surface area (Å²) in [6, 6.07) is 6.89. The molecule has 0 amide bonds. The molecule has 1 aromatic rings. The van der Waals surface area contributed by atoms with Gasteiger partial charge in [0.2, 0.25) is 5.60 Å². The van der Waals surface area contributed by atoms with Gasteiger partial charge in [0.05, 0.1) is 5.56 Å². The van der Waals surface area contributed by atoms with Crippen molar-refractivity contribution in [3.63, 3.8) is 0 Å². The summed E-state index contributed by atoms with van der Waals surface area (Å²) < 4.78 is 4.92. The average Bonchev–Trinajstić information content (AvgIpc) is 2.17. The molecule has 1 aromatic carbocycles. The maximum absolute atomic E-state index is 11.5. The number of carbonyl (C=O) groups is 2. The van der Waals surface area contributed by atoms with Crippen LogP contribution in [0.5, 0.6) is 0 Å². The fourth-order valence-electron chi connectivity index (χ4n) is 1.65. The van der Waals surface area contributed by atoms with Gasteiger partial charge >= 0.3 is 11.9 Å². The summed E-state index contributed by atoms with van der Waals surface area (Å²) in [6.45, 7) is 1.41. The van der Waals surface area contributed by atoms with Crippen LogP contribution in [0.1, 0.15) is 22.8 Å². The number of fused-ring (bicyclic) bond motifs is 1. The van der Waals surface area contributed by atoms with E-state index in [9.17, 15) is 9.59 Å². The molecule has 1 atom stereocenters. The number of carboxylic acids is 1. The van der Waals surface area contributed by atoms with Crippen LogP contribution in [-0.4, -0.2) is 22.6 Å². The van der Waals surface area contributed by atoms with Gasteiger partial charge in [-0.1, -0.05) is 18.2 Å². The summed E-state index contributed by atoms with van der Waals surface area (Å²) in [6.07, 6.45) is 0.213. The molecule has 0 saturated heterocycles. The van der Waals surface area contributed by atoms with Crippen LogP contribution in [0.3, 0.4) is 0 Å². The first-order chi connectivity index (χ1) is 7.03. The highest BCUT2D eigenvalue weighted by Gasteiger charge is 2.42. The highest BCUT2D eigenvalue weighted by atomic mass is 16.6. The molecule has 4 nitrogen and oxygen atoms in total. The second kappa shape index (κ2) is 3.08. The van der Waals surface area contributed by atoms with Crippen LogP contribution in [0.4, 0.5) is 0 Å². The molecule has 0 radical (unpaired) electrons. The van der Waals surface area contributed by atoms with Crippen LogP contribution < -0.4 is 0 Å². The third-order valence-corrected chi connectivity index (χ3v) is 2.54. The number of ether oxygens (including phenoxy) is 1. The molecule has 0 aliphatic carbocycles. The zero-order valence-corrected chi connectivity index (χ0v) is 8.19. The molecule has 4 heteroatoms. The van der Waals surface area contributed by atoms with E-state index in [2.05, 4.69) is 0 Å². The van der Waals surface area contributed by atoms with Crippen molar-refractivity contribution in [3.8, 4) is 0 Å². The third-order valence-electron chi connectivity index (χ3n) is 2.54. The van der Waals surface area contributed by atoms with Crippen molar-refractivity contribution in [3.05, 3.63) is 35.4 Å². The number of aliphatic carboxylic acids is 1. The minimum Gasteiger partial charge on any atom is -0.478 e. The number of esters is 1. The SMILES string of the molecule is C[C@@]1(C(=O)O)Cc2ccccc2C(=O)O1. The molecule has 1 heterocycles. The lowest BCUT2D eigenvalue weighted by Gasteiger charge is -2.30. The van der Waals surface area contributed by atoms with Gasteiger partial charge in [-0.3, -0.25) is 0 Å². The van der Waals surface area contributed by atoms with Gasteiger partial charge < -0.3 is 9.84 Å². The second-order valence-corrected chi connectivity index (χ2v) is 3.76. The van der Waals surface area contributed by atoms with Gasteiger partial charge in [0, 0.05) is 6.42 Å². The molecular weight excluding hydrogens is 196 g/mol. The molecular formula is C11H10O4. The minimum absolute atomic E-state index is 0.213. The number of carbonyl (C=O) groups excluding carboxylic acids is 1. The van der Waals surface area contributed by atoms with Crippen molar-refractivity contribution in [2.75, 3.05) is 0 Å². The molecule has 0 unspecified atom stereocenters. The summed E-state index contributed by atoms with van der Waals surface area (Å²) in [4.78, 5) is 22.5. The summed E-state index contributed by atoms with van der Waals surface area (Å²) in [5.74, 6) is -1.69. The van der Waals surface area contributed by atoms with Gasteiger partial charge in [0.1, 0.15) is 0 Å². The second-order valence-electron chi connectivity index (χ2n) is 3.76. The molecule has 0 aromatic heterocycles. The molecule has 0 saturated carbocycles. The monoisotopic (exact) mass is 206 g/mol. The van der Waals surface area contributed by atoms with E-state index in [4.69, 9.17) is 9.84 Å². The summed E-state index contributed by atoms with van der Waals surface area (Å²) in [7, 11) is 0. The van der Waals surface area contributed by atoms with Crippen LogP contribution in [-0.2, 0) is 16.0 Å². The van der Waals surface area contributed by atoms with Gasteiger partial charge in [-0.2, -0.15) is 0 Å². The molecule has 2 rings (SSSR count). The Morgan fingerprint density at radius 1 is 1.47 bits per heavy atom. The van der Waals surface area contributed by atoms with Gasteiger partial charge in [-0.15, -0.1) is 0 Å². The van der Waals surface area contributed by atoms with Crippen LogP contribution >= 0.6 is 0 Å². The molecule has 0 fully saturated rings. The lowest BCUT2D eigenvalue weighted by atomic mass is 9.90. The van der Waals surface area contributed by atoms with E-state index in [-0.39, 0.29) is 6.42 Å². The highest BCUT2D eigenvalue weighted by molar-refractivity contribution is 5.95. The van der Waals surface area contributed by atoms with Gasteiger partial charge in [-0.25, -0.2) is 9.59 Å². The summed E-state index contributed by atoms with van der Waals surface area (Å²) in [5.41, 5.74) is -0.263.